The van der Waals surface area contributed by atoms with Gasteiger partial charge in [0.25, 0.3) is 0 Å². The number of amides is 2. The quantitative estimate of drug-likeness (QED) is 0.760. The number of nitrogens with zero attached hydrogens (tertiary/aromatic N) is 3. The topological polar surface area (TPSA) is 65.1 Å². The van der Waals surface area contributed by atoms with Crippen molar-refractivity contribution in [2.45, 2.75) is 65.0 Å². The zero-order valence-corrected chi connectivity index (χ0v) is 17.6. The van der Waals surface area contributed by atoms with E-state index in [1.165, 1.54) is 6.42 Å². The van der Waals surface area contributed by atoms with E-state index >= 15 is 0 Å². The lowest BCUT2D eigenvalue weighted by Crippen LogP contribution is -2.53. The van der Waals surface area contributed by atoms with Crippen LogP contribution in [0.1, 0.15) is 53.4 Å². The Balaban J connectivity index is 1.66. The van der Waals surface area contributed by atoms with Gasteiger partial charge in [0.05, 0.1) is 6.04 Å². The molecule has 7 nitrogen and oxygen atoms in total. The van der Waals surface area contributed by atoms with Crippen molar-refractivity contribution in [2.24, 2.45) is 0 Å². The van der Waals surface area contributed by atoms with Crippen molar-refractivity contribution in [1.82, 2.24) is 20.0 Å². The summed E-state index contributed by atoms with van der Waals surface area (Å²) in [6, 6.07) is 0.0442. The average Bonchev–Trinajstić information content (AvgIpc) is 2.61. The number of hydrogen-bond acceptors (Lipinski definition) is 5. The van der Waals surface area contributed by atoms with Crippen LogP contribution in [0, 0.1) is 0 Å². The molecule has 2 rings (SSSR count). The largest absolute Gasteiger partial charge is 0.444 e. The molecule has 1 unspecified atom stereocenters. The summed E-state index contributed by atoms with van der Waals surface area (Å²) in [6.07, 6.45) is 4.17. The summed E-state index contributed by atoms with van der Waals surface area (Å²) in [5.41, 5.74) is -0.455. The molecule has 2 heterocycles. The van der Waals surface area contributed by atoms with Gasteiger partial charge in [-0.1, -0.05) is 13.3 Å². The minimum Gasteiger partial charge on any atom is -0.444 e. The van der Waals surface area contributed by atoms with E-state index in [-0.39, 0.29) is 18.0 Å². The summed E-state index contributed by atoms with van der Waals surface area (Å²) < 4.78 is 5.43. The summed E-state index contributed by atoms with van der Waals surface area (Å²) in [6.45, 7) is 14.4. The van der Waals surface area contributed by atoms with Crippen LogP contribution in [0.25, 0.3) is 0 Å². The van der Waals surface area contributed by atoms with Crippen LogP contribution in [-0.2, 0) is 9.53 Å². The number of piperazine rings is 1. The molecule has 2 amide bonds. The van der Waals surface area contributed by atoms with E-state index in [4.69, 9.17) is 4.74 Å². The van der Waals surface area contributed by atoms with Gasteiger partial charge in [-0.05, 0) is 53.1 Å². The molecular weight excluding hydrogens is 344 g/mol. The Morgan fingerprint density at radius 2 is 1.74 bits per heavy atom. The molecule has 0 radical (unpaired) electrons. The van der Waals surface area contributed by atoms with Crippen molar-refractivity contribution in [3.63, 3.8) is 0 Å². The molecule has 156 valence electrons. The van der Waals surface area contributed by atoms with Gasteiger partial charge in [-0.3, -0.25) is 14.6 Å². The van der Waals surface area contributed by atoms with Gasteiger partial charge in [-0.25, -0.2) is 4.79 Å². The summed E-state index contributed by atoms with van der Waals surface area (Å²) >= 11 is 0. The number of carbonyl (C=O) groups is 2. The molecule has 0 aromatic carbocycles. The highest BCUT2D eigenvalue weighted by molar-refractivity contribution is 5.81. The highest BCUT2D eigenvalue weighted by Crippen LogP contribution is 2.17. The van der Waals surface area contributed by atoms with Crippen molar-refractivity contribution in [1.29, 1.82) is 0 Å². The Morgan fingerprint density at radius 1 is 1.04 bits per heavy atom. The van der Waals surface area contributed by atoms with Crippen LogP contribution in [-0.4, -0.2) is 90.7 Å². The molecule has 0 aromatic heterocycles. The van der Waals surface area contributed by atoms with E-state index < -0.39 is 5.60 Å². The van der Waals surface area contributed by atoms with Gasteiger partial charge >= 0.3 is 6.09 Å². The van der Waals surface area contributed by atoms with Crippen LogP contribution in [0.3, 0.4) is 0 Å². The van der Waals surface area contributed by atoms with Crippen LogP contribution in [0.15, 0.2) is 0 Å². The van der Waals surface area contributed by atoms with Gasteiger partial charge in [0.15, 0.2) is 0 Å². The second-order valence-corrected chi connectivity index (χ2v) is 8.65. The third-order valence-electron chi connectivity index (χ3n) is 5.18. The Kier molecular flexibility index (Phi) is 8.35. The molecule has 1 N–H and O–H groups in total. The Bertz CT molecular complexity index is 482. The highest BCUT2D eigenvalue weighted by Gasteiger charge is 2.28. The third kappa shape index (κ3) is 7.30. The minimum atomic E-state index is -0.455. The number of nitrogens with one attached hydrogen (secondary N) is 1. The van der Waals surface area contributed by atoms with E-state index in [0.717, 1.165) is 52.0 Å². The van der Waals surface area contributed by atoms with Gasteiger partial charge in [0, 0.05) is 39.3 Å². The van der Waals surface area contributed by atoms with E-state index in [1.807, 2.05) is 20.8 Å². The number of ether oxygens (including phenoxy) is 1. The first-order valence-corrected chi connectivity index (χ1v) is 10.5. The molecule has 7 heteroatoms. The maximum Gasteiger partial charge on any atom is 0.410 e. The van der Waals surface area contributed by atoms with Crippen molar-refractivity contribution in [2.75, 3.05) is 52.4 Å². The van der Waals surface area contributed by atoms with Gasteiger partial charge < -0.3 is 15.0 Å². The molecule has 0 saturated carbocycles. The predicted molar refractivity (Wildman–Crippen MR) is 107 cm³/mol. The first kappa shape index (κ1) is 22.0. The number of piperidine rings is 1. The summed E-state index contributed by atoms with van der Waals surface area (Å²) in [5, 5.41) is 3.13. The second-order valence-electron chi connectivity index (χ2n) is 8.65. The van der Waals surface area contributed by atoms with Crippen LogP contribution in [0.5, 0.6) is 0 Å². The first-order valence-electron chi connectivity index (χ1n) is 10.5. The fourth-order valence-corrected chi connectivity index (χ4v) is 3.78. The minimum absolute atomic E-state index is 0.0442. The molecule has 0 aromatic rings. The highest BCUT2D eigenvalue weighted by atomic mass is 16.6. The van der Waals surface area contributed by atoms with Gasteiger partial charge in [-0.15, -0.1) is 0 Å². The monoisotopic (exact) mass is 382 g/mol. The van der Waals surface area contributed by atoms with Gasteiger partial charge in [-0.2, -0.15) is 0 Å². The standard InChI is InChI=1S/C20H38N4O3/c1-5-10-23-11-7-6-8-17(23)18(25)21-9-12-22-13-15-24(16-14-22)19(26)27-20(2,3)4/h17H,5-16H2,1-4H3,(H,21,25). The smallest absolute Gasteiger partial charge is 0.410 e. The fraction of sp³-hybridized carbons (Fsp3) is 0.900. The average molecular weight is 383 g/mol. The molecule has 2 saturated heterocycles. The normalized spacial score (nSPS) is 22.5. The molecule has 0 spiro atoms. The van der Waals surface area contributed by atoms with Crippen molar-refractivity contribution >= 4 is 12.0 Å². The molecule has 2 fully saturated rings. The first-order chi connectivity index (χ1) is 12.8. The van der Waals surface area contributed by atoms with Crippen molar-refractivity contribution in [3.05, 3.63) is 0 Å². The van der Waals surface area contributed by atoms with Crippen LogP contribution in [0.2, 0.25) is 0 Å². The number of rotatable bonds is 6. The molecule has 27 heavy (non-hydrogen) atoms. The maximum atomic E-state index is 12.6. The molecule has 2 aliphatic heterocycles. The summed E-state index contributed by atoms with van der Waals surface area (Å²) in [7, 11) is 0. The van der Waals surface area contributed by atoms with Crippen LogP contribution >= 0.6 is 0 Å². The predicted octanol–water partition coefficient (Wildman–Crippen LogP) is 1.92. The second kappa shape index (κ2) is 10.3. The summed E-state index contributed by atoms with van der Waals surface area (Å²) in [4.78, 5) is 31.1. The van der Waals surface area contributed by atoms with E-state index in [1.54, 1.807) is 4.90 Å². The lowest BCUT2D eigenvalue weighted by molar-refractivity contribution is -0.127. The fourth-order valence-electron chi connectivity index (χ4n) is 3.78. The zero-order valence-electron chi connectivity index (χ0n) is 17.6. The zero-order chi connectivity index (χ0) is 19.9. The molecule has 2 aliphatic rings. The Morgan fingerprint density at radius 3 is 2.37 bits per heavy atom. The number of likely N-dealkylation sites (tertiary alicyclic amines) is 1. The van der Waals surface area contributed by atoms with E-state index in [9.17, 15) is 9.59 Å². The van der Waals surface area contributed by atoms with Gasteiger partial charge in [0.1, 0.15) is 5.60 Å². The van der Waals surface area contributed by atoms with E-state index in [0.29, 0.717) is 19.6 Å². The molecule has 0 bridgehead atoms. The van der Waals surface area contributed by atoms with E-state index in [2.05, 4.69) is 22.0 Å². The van der Waals surface area contributed by atoms with Crippen LogP contribution in [0.4, 0.5) is 4.79 Å². The number of hydrogen-bond donors (Lipinski definition) is 1. The molecule has 0 aliphatic carbocycles. The Hall–Kier alpha value is -1.34. The maximum absolute atomic E-state index is 12.6. The number of carbonyl (C=O) groups excluding carboxylic acids is 2. The third-order valence-corrected chi connectivity index (χ3v) is 5.18. The Labute approximate surface area is 164 Å². The SMILES string of the molecule is CCCN1CCCCC1C(=O)NCCN1CCN(C(=O)OC(C)(C)C)CC1. The lowest BCUT2D eigenvalue weighted by Gasteiger charge is -2.36. The summed E-state index contributed by atoms with van der Waals surface area (Å²) in [5.74, 6) is 0.176. The van der Waals surface area contributed by atoms with Crippen molar-refractivity contribution < 1.29 is 14.3 Å². The van der Waals surface area contributed by atoms with Gasteiger partial charge in [0.2, 0.25) is 5.91 Å². The molecular formula is C20H38N4O3. The lowest BCUT2D eigenvalue weighted by atomic mass is 10.0. The molecule has 1 atom stereocenters. The van der Waals surface area contributed by atoms with Crippen LogP contribution < -0.4 is 5.32 Å². The van der Waals surface area contributed by atoms with Crippen molar-refractivity contribution in [3.8, 4) is 0 Å².